The number of aromatic hydroxyl groups is 1. The van der Waals surface area contributed by atoms with E-state index in [-0.39, 0.29) is 5.56 Å². The Labute approximate surface area is 176 Å². The average Bonchev–Trinajstić information content (AvgIpc) is 3.08. The van der Waals surface area contributed by atoms with Crippen molar-refractivity contribution in [2.24, 2.45) is 0 Å². The number of aromatic amines is 2. The molecule has 1 unspecified atom stereocenters. The number of fused-ring (bicyclic) bond motifs is 3. The van der Waals surface area contributed by atoms with Crippen molar-refractivity contribution in [2.75, 3.05) is 13.6 Å². The summed E-state index contributed by atoms with van der Waals surface area (Å²) in [5.41, 5.74) is 2.09. The van der Waals surface area contributed by atoms with Gasteiger partial charge in [0.05, 0.1) is 11.7 Å². The number of nitrogens with one attached hydrogen (secondary N) is 2. The maximum absolute atomic E-state index is 12.9. The summed E-state index contributed by atoms with van der Waals surface area (Å²) in [6.45, 7) is 0.703. The van der Waals surface area contributed by atoms with Crippen LogP contribution < -0.4 is 11.2 Å². The number of aromatic nitrogens is 3. The van der Waals surface area contributed by atoms with Crippen LogP contribution in [0.1, 0.15) is 22.9 Å². The highest BCUT2D eigenvalue weighted by molar-refractivity contribution is 6.30. The molecule has 2 aromatic carbocycles. The van der Waals surface area contributed by atoms with Crippen LogP contribution in [-0.4, -0.2) is 38.1 Å². The van der Waals surface area contributed by atoms with E-state index in [0.717, 1.165) is 33.1 Å². The van der Waals surface area contributed by atoms with E-state index in [1.165, 1.54) is 0 Å². The highest BCUT2D eigenvalue weighted by atomic mass is 35.5. The van der Waals surface area contributed by atoms with Gasteiger partial charge in [-0.1, -0.05) is 35.9 Å². The molecule has 3 N–H and O–H groups in total. The predicted molar refractivity (Wildman–Crippen MR) is 116 cm³/mol. The van der Waals surface area contributed by atoms with Gasteiger partial charge in [-0.15, -0.1) is 0 Å². The Morgan fingerprint density at radius 3 is 2.70 bits per heavy atom. The Hall–Kier alpha value is -3.29. The molecular weight excluding hydrogens is 404 g/mol. The second-order valence-corrected chi connectivity index (χ2v) is 7.94. The summed E-state index contributed by atoms with van der Waals surface area (Å²) in [7, 11) is 1.90. The molecule has 3 heterocycles. The van der Waals surface area contributed by atoms with Gasteiger partial charge in [-0.05, 0) is 43.3 Å². The highest BCUT2D eigenvalue weighted by Gasteiger charge is 2.34. The molecule has 0 radical (unpaired) electrons. The fraction of sp³-hybridized carbons (Fsp3) is 0.182. The number of likely N-dealkylation sites (N-methyl/N-ethyl adjacent to an activating group) is 1. The molecule has 1 aliphatic heterocycles. The van der Waals surface area contributed by atoms with Gasteiger partial charge in [0.15, 0.2) is 0 Å². The van der Waals surface area contributed by atoms with Gasteiger partial charge < -0.3 is 10.1 Å². The van der Waals surface area contributed by atoms with E-state index in [2.05, 4.69) is 9.97 Å². The molecule has 0 bridgehead atoms. The molecule has 0 saturated heterocycles. The van der Waals surface area contributed by atoms with Crippen molar-refractivity contribution in [1.29, 1.82) is 0 Å². The Bertz CT molecular complexity index is 1400. The molecule has 2 aromatic heterocycles. The number of hydrogen-bond donors (Lipinski definition) is 3. The van der Waals surface area contributed by atoms with Gasteiger partial charge in [0.2, 0.25) is 5.88 Å². The molecule has 1 atom stereocenters. The first-order chi connectivity index (χ1) is 14.5. The molecular formula is C22H19ClN4O3. The lowest BCUT2D eigenvalue weighted by Crippen LogP contribution is -2.39. The fourth-order valence-electron chi connectivity index (χ4n) is 4.37. The van der Waals surface area contributed by atoms with E-state index in [4.69, 9.17) is 11.6 Å². The van der Waals surface area contributed by atoms with Gasteiger partial charge in [-0.3, -0.25) is 14.7 Å². The second kappa shape index (κ2) is 6.90. The van der Waals surface area contributed by atoms with Crippen LogP contribution in [0, 0.1) is 0 Å². The van der Waals surface area contributed by atoms with Gasteiger partial charge in [0.1, 0.15) is 5.56 Å². The third kappa shape index (κ3) is 2.78. The van der Waals surface area contributed by atoms with Crippen LogP contribution in [0.3, 0.4) is 0 Å². The SMILES string of the molecule is CN1CCc2c([nH]c3ccccc23)C1c1c(O)n(-c2cccc(Cl)c2)c(=O)[nH]c1=O. The van der Waals surface area contributed by atoms with Crippen molar-refractivity contribution >= 4 is 22.5 Å². The zero-order valence-corrected chi connectivity index (χ0v) is 16.9. The Morgan fingerprint density at radius 1 is 1.10 bits per heavy atom. The summed E-state index contributed by atoms with van der Waals surface area (Å²) in [5.74, 6) is -0.394. The molecule has 0 amide bonds. The van der Waals surface area contributed by atoms with Gasteiger partial charge in [0.25, 0.3) is 5.56 Å². The van der Waals surface area contributed by atoms with Crippen molar-refractivity contribution in [2.45, 2.75) is 12.5 Å². The van der Waals surface area contributed by atoms with Crippen molar-refractivity contribution in [3.63, 3.8) is 0 Å². The lowest BCUT2D eigenvalue weighted by molar-refractivity contribution is 0.252. The van der Waals surface area contributed by atoms with Crippen LogP contribution in [0.15, 0.2) is 58.1 Å². The zero-order chi connectivity index (χ0) is 21.0. The van der Waals surface area contributed by atoms with Crippen molar-refractivity contribution < 1.29 is 5.11 Å². The largest absolute Gasteiger partial charge is 0.494 e. The molecule has 4 aromatic rings. The van der Waals surface area contributed by atoms with Crippen LogP contribution in [0.2, 0.25) is 5.02 Å². The number of hydrogen-bond acceptors (Lipinski definition) is 4. The minimum atomic E-state index is -0.723. The minimum Gasteiger partial charge on any atom is -0.494 e. The van der Waals surface area contributed by atoms with Crippen LogP contribution in [0.4, 0.5) is 0 Å². The van der Waals surface area contributed by atoms with Crippen molar-refractivity contribution in [3.8, 4) is 11.6 Å². The van der Waals surface area contributed by atoms with Crippen LogP contribution >= 0.6 is 11.6 Å². The summed E-state index contributed by atoms with van der Waals surface area (Å²) in [5, 5.41) is 12.6. The van der Waals surface area contributed by atoms with Gasteiger partial charge in [-0.25, -0.2) is 9.36 Å². The number of rotatable bonds is 2. The molecule has 152 valence electrons. The Kier molecular flexibility index (Phi) is 4.30. The van der Waals surface area contributed by atoms with Gasteiger partial charge in [0, 0.05) is 28.2 Å². The first-order valence-electron chi connectivity index (χ1n) is 9.59. The summed E-state index contributed by atoms with van der Waals surface area (Å²) < 4.78 is 1.08. The highest BCUT2D eigenvalue weighted by Crippen LogP contribution is 2.39. The van der Waals surface area contributed by atoms with Gasteiger partial charge in [-0.2, -0.15) is 0 Å². The lowest BCUT2D eigenvalue weighted by atomic mass is 9.94. The molecule has 0 aliphatic carbocycles. The van der Waals surface area contributed by atoms with E-state index < -0.39 is 23.2 Å². The minimum absolute atomic E-state index is 0.115. The fourth-order valence-corrected chi connectivity index (χ4v) is 4.55. The molecule has 5 rings (SSSR count). The molecule has 0 fully saturated rings. The van der Waals surface area contributed by atoms with Crippen molar-refractivity contribution in [1.82, 2.24) is 19.4 Å². The third-order valence-electron chi connectivity index (χ3n) is 5.74. The zero-order valence-electron chi connectivity index (χ0n) is 16.1. The third-order valence-corrected chi connectivity index (χ3v) is 5.97. The standard InChI is InChI=1S/C22H19ClN4O3/c1-26-10-9-15-14-7-2-3-8-16(14)24-18(15)19(26)17-20(28)25-22(30)27(21(17)29)13-6-4-5-12(23)11-13/h2-8,11,19,24,29H,9-10H2,1H3,(H,25,28,30). The first kappa shape index (κ1) is 18.7. The van der Waals surface area contributed by atoms with E-state index in [0.29, 0.717) is 17.3 Å². The van der Waals surface area contributed by atoms with E-state index in [1.54, 1.807) is 24.3 Å². The molecule has 1 aliphatic rings. The number of nitrogens with zero attached hydrogens (tertiary/aromatic N) is 2. The number of para-hydroxylation sites is 1. The van der Waals surface area contributed by atoms with Gasteiger partial charge >= 0.3 is 5.69 Å². The number of H-pyrrole nitrogens is 2. The van der Waals surface area contributed by atoms with E-state index in [9.17, 15) is 14.7 Å². The smallest absolute Gasteiger partial charge is 0.335 e. The molecule has 8 heteroatoms. The van der Waals surface area contributed by atoms with E-state index in [1.807, 2.05) is 36.2 Å². The van der Waals surface area contributed by atoms with Crippen LogP contribution in [0.25, 0.3) is 16.6 Å². The maximum atomic E-state index is 12.9. The summed E-state index contributed by atoms with van der Waals surface area (Å²) in [6, 6.07) is 14.0. The molecule has 0 spiro atoms. The molecule has 7 nitrogen and oxygen atoms in total. The van der Waals surface area contributed by atoms with Crippen LogP contribution in [0.5, 0.6) is 5.88 Å². The Morgan fingerprint density at radius 2 is 1.90 bits per heavy atom. The quantitative estimate of drug-likeness (QED) is 0.463. The van der Waals surface area contributed by atoms with Crippen LogP contribution in [-0.2, 0) is 6.42 Å². The number of benzene rings is 2. The Balaban J connectivity index is 1.78. The topological polar surface area (TPSA) is 94.1 Å². The summed E-state index contributed by atoms with van der Waals surface area (Å²) in [6.07, 6.45) is 0.818. The second-order valence-electron chi connectivity index (χ2n) is 7.51. The first-order valence-corrected chi connectivity index (χ1v) is 9.97. The number of halogens is 1. The lowest BCUT2D eigenvalue weighted by Gasteiger charge is -2.33. The average molecular weight is 423 g/mol. The molecule has 30 heavy (non-hydrogen) atoms. The summed E-state index contributed by atoms with van der Waals surface area (Å²) in [4.78, 5) is 33.2. The monoisotopic (exact) mass is 422 g/mol. The predicted octanol–water partition coefficient (Wildman–Crippen LogP) is 2.94. The normalized spacial score (nSPS) is 16.7. The van der Waals surface area contributed by atoms with E-state index >= 15 is 0 Å². The summed E-state index contributed by atoms with van der Waals surface area (Å²) >= 11 is 6.07. The molecule has 0 saturated carbocycles. The van der Waals surface area contributed by atoms with Crippen molar-refractivity contribution in [3.05, 3.63) is 91.2 Å². The maximum Gasteiger partial charge on any atom is 0.335 e.